The molecule has 0 unspecified atom stereocenters. The van der Waals surface area contributed by atoms with Crippen molar-refractivity contribution in [3.8, 4) is 0 Å². The highest BCUT2D eigenvalue weighted by Gasteiger charge is 2.29. The predicted molar refractivity (Wildman–Crippen MR) is 75.1 cm³/mol. The van der Waals surface area contributed by atoms with Gasteiger partial charge in [-0.2, -0.15) is 0 Å². The van der Waals surface area contributed by atoms with Gasteiger partial charge in [0.05, 0.1) is 5.56 Å². The SMILES string of the molecule is C[C@H](N)[C@@H]1CCCCN1C(=O)c1ccc(C(N)=O)nc1. The molecular formula is C14H20N4O2. The van der Waals surface area contributed by atoms with Crippen LogP contribution in [0.2, 0.25) is 0 Å². The molecule has 20 heavy (non-hydrogen) atoms. The van der Waals surface area contributed by atoms with E-state index in [1.165, 1.54) is 12.3 Å². The minimum atomic E-state index is -0.601. The van der Waals surface area contributed by atoms with Crippen LogP contribution in [0.3, 0.4) is 0 Å². The van der Waals surface area contributed by atoms with Crippen LogP contribution in [0.5, 0.6) is 0 Å². The number of carbonyl (C=O) groups is 2. The van der Waals surface area contributed by atoms with Crippen LogP contribution >= 0.6 is 0 Å². The topological polar surface area (TPSA) is 102 Å². The third-order valence-electron chi connectivity index (χ3n) is 3.68. The Morgan fingerprint density at radius 1 is 1.40 bits per heavy atom. The molecule has 1 fully saturated rings. The van der Waals surface area contributed by atoms with Crippen LogP contribution in [0, 0.1) is 0 Å². The van der Waals surface area contributed by atoms with E-state index in [1.54, 1.807) is 6.07 Å². The Hall–Kier alpha value is -1.95. The highest BCUT2D eigenvalue weighted by molar-refractivity contribution is 5.96. The zero-order valence-corrected chi connectivity index (χ0v) is 11.6. The predicted octanol–water partition coefficient (Wildman–Crippen LogP) is 0.522. The monoisotopic (exact) mass is 276 g/mol. The molecule has 0 radical (unpaired) electrons. The molecule has 1 aromatic heterocycles. The van der Waals surface area contributed by atoms with Crippen molar-refractivity contribution in [2.24, 2.45) is 11.5 Å². The van der Waals surface area contributed by atoms with E-state index >= 15 is 0 Å². The van der Waals surface area contributed by atoms with E-state index in [2.05, 4.69) is 4.98 Å². The van der Waals surface area contributed by atoms with E-state index < -0.39 is 5.91 Å². The molecule has 0 aromatic carbocycles. The highest BCUT2D eigenvalue weighted by atomic mass is 16.2. The van der Waals surface area contributed by atoms with Crippen LogP contribution in [0.25, 0.3) is 0 Å². The molecule has 1 saturated heterocycles. The van der Waals surface area contributed by atoms with Crippen molar-refractivity contribution in [1.82, 2.24) is 9.88 Å². The highest BCUT2D eigenvalue weighted by Crippen LogP contribution is 2.21. The fraction of sp³-hybridized carbons (Fsp3) is 0.500. The fourth-order valence-electron chi connectivity index (χ4n) is 2.59. The molecule has 1 aromatic rings. The number of piperidine rings is 1. The zero-order valence-electron chi connectivity index (χ0n) is 11.6. The summed E-state index contributed by atoms with van der Waals surface area (Å²) in [6, 6.07) is 3.06. The number of carbonyl (C=O) groups excluding carboxylic acids is 2. The van der Waals surface area contributed by atoms with Crippen molar-refractivity contribution in [3.05, 3.63) is 29.6 Å². The van der Waals surface area contributed by atoms with Gasteiger partial charge in [-0.05, 0) is 38.3 Å². The van der Waals surface area contributed by atoms with Gasteiger partial charge in [0.2, 0.25) is 0 Å². The molecule has 108 valence electrons. The third-order valence-corrected chi connectivity index (χ3v) is 3.68. The lowest BCUT2D eigenvalue weighted by molar-refractivity contribution is 0.0583. The number of rotatable bonds is 3. The number of nitrogens with zero attached hydrogens (tertiary/aromatic N) is 2. The van der Waals surface area contributed by atoms with Gasteiger partial charge in [0.25, 0.3) is 11.8 Å². The summed E-state index contributed by atoms with van der Waals surface area (Å²) in [5.41, 5.74) is 11.7. The average Bonchev–Trinajstić information content (AvgIpc) is 2.46. The maximum atomic E-state index is 12.5. The largest absolute Gasteiger partial charge is 0.364 e. The number of pyridine rings is 1. The minimum absolute atomic E-state index is 0.0582. The Balaban J connectivity index is 2.18. The number of hydrogen-bond acceptors (Lipinski definition) is 4. The Bertz CT molecular complexity index is 498. The molecule has 0 aliphatic carbocycles. The maximum Gasteiger partial charge on any atom is 0.267 e. The molecule has 0 saturated carbocycles. The van der Waals surface area contributed by atoms with Gasteiger partial charge in [-0.15, -0.1) is 0 Å². The molecule has 6 nitrogen and oxygen atoms in total. The Morgan fingerprint density at radius 3 is 2.70 bits per heavy atom. The quantitative estimate of drug-likeness (QED) is 0.840. The molecule has 2 atom stereocenters. The van der Waals surface area contributed by atoms with Gasteiger partial charge in [0.1, 0.15) is 5.69 Å². The molecule has 1 aliphatic rings. The van der Waals surface area contributed by atoms with Gasteiger partial charge < -0.3 is 16.4 Å². The summed E-state index contributed by atoms with van der Waals surface area (Å²) in [7, 11) is 0. The van der Waals surface area contributed by atoms with Crippen LogP contribution in [-0.2, 0) is 0 Å². The average molecular weight is 276 g/mol. The molecule has 4 N–H and O–H groups in total. The smallest absolute Gasteiger partial charge is 0.267 e. The third kappa shape index (κ3) is 2.96. The first kappa shape index (κ1) is 14.5. The van der Waals surface area contributed by atoms with Gasteiger partial charge in [-0.25, -0.2) is 0 Å². The second-order valence-corrected chi connectivity index (χ2v) is 5.22. The van der Waals surface area contributed by atoms with Crippen molar-refractivity contribution in [2.45, 2.75) is 38.3 Å². The van der Waals surface area contributed by atoms with Crippen LogP contribution in [0.4, 0.5) is 0 Å². The molecule has 2 heterocycles. The van der Waals surface area contributed by atoms with Crippen LogP contribution in [0.15, 0.2) is 18.3 Å². The first-order valence-electron chi connectivity index (χ1n) is 6.83. The summed E-state index contributed by atoms with van der Waals surface area (Å²) in [6.07, 6.45) is 4.40. The van der Waals surface area contributed by atoms with Gasteiger partial charge in [-0.1, -0.05) is 0 Å². The van der Waals surface area contributed by atoms with E-state index in [4.69, 9.17) is 11.5 Å². The lowest BCUT2D eigenvalue weighted by Gasteiger charge is -2.38. The minimum Gasteiger partial charge on any atom is -0.364 e. The Morgan fingerprint density at radius 2 is 2.15 bits per heavy atom. The first-order valence-corrected chi connectivity index (χ1v) is 6.83. The summed E-state index contributed by atoms with van der Waals surface area (Å²) in [5, 5.41) is 0. The molecule has 6 heteroatoms. The van der Waals surface area contributed by atoms with E-state index in [0.29, 0.717) is 12.1 Å². The van der Waals surface area contributed by atoms with E-state index in [9.17, 15) is 9.59 Å². The van der Waals surface area contributed by atoms with Gasteiger partial charge in [0, 0.05) is 24.8 Å². The van der Waals surface area contributed by atoms with Crippen molar-refractivity contribution in [1.29, 1.82) is 0 Å². The Kier molecular flexibility index (Phi) is 4.34. The normalized spacial score (nSPS) is 20.5. The molecule has 2 rings (SSSR count). The summed E-state index contributed by atoms with van der Waals surface area (Å²) in [5.74, 6) is -0.689. The standard InChI is InChI=1S/C14H20N4O2/c1-9(15)12-4-2-3-7-18(12)14(20)10-5-6-11(13(16)19)17-8-10/h5-6,8-9,12H,2-4,7,15H2,1H3,(H2,16,19)/t9-,12-/m0/s1. The number of hydrogen-bond donors (Lipinski definition) is 2. The van der Waals surface area contributed by atoms with Gasteiger partial charge >= 0.3 is 0 Å². The van der Waals surface area contributed by atoms with Crippen LogP contribution < -0.4 is 11.5 Å². The lowest BCUT2D eigenvalue weighted by Crippen LogP contribution is -2.51. The maximum absolute atomic E-state index is 12.5. The number of amides is 2. The van der Waals surface area contributed by atoms with Crippen molar-refractivity contribution in [3.63, 3.8) is 0 Å². The molecule has 0 bridgehead atoms. The van der Waals surface area contributed by atoms with E-state index in [1.807, 2.05) is 11.8 Å². The van der Waals surface area contributed by atoms with Gasteiger partial charge in [-0.3, -0.25) is 14.6 Å². The summed E-state index contributed by atoms with van der Waals surface area (Å²) in [4.78, 5) is 29.2. The molecule has 2 amide bonds. The zero-order chi connectivity index (χ0) is 14.7. The van der Waals surface area contributed by atoms with Crippen molar-refractivity contribution >= 4 is 11.8 Å². The summed E-state index contributed by atoms with van der Waals surface area (Å²) < 4.78 is 0. The summed E-state index contributed by atoms with van der Waals surface area (Å²) in [6.45, 7) is 2.63. The number of likely N-dealkylation sites (tertiary alicyclic amines) is 1. The van der Waals surface area contributed by atoms with E-state index in [0.717, 1.165) is 19.3 Å². The van der Waals surface area contributed by atoms with Gasteiger partial charge in [0.15, 0.2) is 0 Å². The van der Waals surface area contributed by atoms with Crippen LogP contribution in [-0.4, -0.2) is 40.3 Å². The van der Waals surface area contributed by atoms with Crippen LogP contribution in [0.1, 0.15) is 47.0 Å². The van der Waals surface area contributed by atoms with Crippen molar-refractivity contribution in [2.75, 3.05) is 6.54 Å². The lowest BCUT2D eigenvalue weighted by atomic mass is 9.96. The second kappa shape index (κ2) is 6.00. The fourth-order valence-corrected chi connectivity index (χ4v) is 2.59. The second-order valence-electron chi connectivity index (χ2n) is 5.22. The number of nitrogens with two attached hydrogens (primary N) is 2. The number of primary amides is 1. The van der Waals surface area contributed by atoms with Crippen molar-refractivity contribution < 1.29 is 9.59 Å². The van der Waals surface area contributed by atoms with E-state index in [-0.39, 0.29) is 23.7 Å². The Labute approximate surface area is 118 Å². The summed E-state index contributed by atoms with van der Waals surface area (Å²) >= 11 is 0. The molecular weight excluding hydrogens is 256 g/mol. The number of aromatic nitrogens is 1. The molecule has 1 aliphatic heterocycles. The molecule has 0 spiro atoms. The first-order chi connectivity index (χ1) is 9.50.